The molecule has 1 heterocycles. The van der Waals surface area contributed by atoms with Crippen molar-refractivity contribution < 1.29 is 38.5 Å². The van der Waals surface area contributed by atoms with Crippen molar-refractivity contribution in [3.8, 4) is 11.5 Å². The number of nitrogens with zero attached hydrogens (tertiary/aromatic N) is 1. The van der Waals surface area contributed by atoms with Gasteiger partial charge >= 0.3 is 11.9 Å². The first-order chi connectivity index (χ1) is 15.3. The highest BCUT2D eigenvalue weighted by Gasteiger charge is 2.36. The van der Waals surface area contributed by atoms with Crippen molar-refractivity contribution in [2.45, 2.75) is 6.61 Å². The number of imide groups is 1. The molecule has 0 atom stereocenters. The summed E-state index contributed by atoms with van der Waals surface area (Å²) in [5.74, 6) is -1.40. The summed E-state index contributed by atoms with van der Waals surface area (Å²) in [6.07, 6.45) is 1.53. The van der Waals surface area contributed by atoms with Crippen LogP contribution >= 0.6 is 11.8 Å². The van der Waals surface area contributed by atoms with Gasteiger partial charge in [0.25, 0.3) is 11.1 Å². The van der Waals surface area contributed by atoms with E-state index in [9.17, 15) is 19.2 Å². The van der Waals surface area contributed by atoms with E-state index in [1.54, 1.807) is 30.3 Å². The Kier molecular flexibility index (Phi) is 7.16. The minimum Gasteiger partial charge on any atom is -0.493 e. The quantitative estimate of drug-likeness (QED) is 0.471. The van der Waals surface area contributed by atoms with Crippen molar-refractivity contribution in [2.75, 3.05) is 20.8 Å². The molecule has 0 saturated carbocycles. The maximum Gasteiger partial charge on any atom is 0.335 e. The van der Waals surface area contributed by atoms with Crippen LogP contribution < -0.4 is 9.47 Å². The van der Waals surface area contributed by atoms with Crippen LogP contribution in [-0.2, 0) is 20.9 Å². The van der Waals surface area contributed by atoms with Crippen molar-refractivity contribution in [1.82, 2.24) is 4.90 Å². The lowest BCUT2D eigenvalue weighted by Gasteiger charge is -2.12. The topological polar surface area (TPSA) is 119 Å². The van der Waals surface area contributed by atoms with Gasteiger partial charge in [0.15, 0.2) is 11.5 Å². The first-order valence-electron chi connectivity index (χ1n) is 9.27. The van der Waals surface area contributed by atoms with Crippen LogP contribution in [-0.4, -0.2) is 53.9 Å². The zero-order valence-electron chi connectivity index (χ0n) is 17.2. The number of thioether (sulfide) groups is 1. The minimum absolute atomic E-state index is 0.174. The van der Waals surface area contributed by atoms with Gasteiger partial charge in [-0.2, -0.15) is 0 Å². The summed E-state index contributed by atoms with van der Waals surface area (Å²) >= 11 is 0.734. The zero-order chi connectivity index (χ0) is 23.3. The SMILES string of the molecule is COC(=O)CN1C(=O)S/C(=C/c2ccc(OCc3ccc(C(=O)O)cc3)c(OC)c2)C1=O. The van der Waals surface area contributed by atoms with Gasteiger partial charge in [0.1, 0.15) is 13.2 Å². The Morgan fingerprint density at radius 1 is 1.06 bits per heavy atom. The highest BCUT2D eigenvalue weighted by molar-refractivity contribution is 8.18. The van der Waals surface area contributed by atoms with E-state index in [1.807, 2.05) is 0 Å². The van der Waals surface area contributed by atoms with Gasteiger partial charge in [-0.05, 0) is 53.2 Å². The Hall–Kier alpha value is -3.79. The van der Waals surface area contributed by atoms with Gasteiger partial charge < -0.3 is 19.3 Å². The fourth-order valence-corrected chi connectivity index (χ4v) is 3.62. The van der Waals surface area contributed by atoms with E-state index in [4.69, 9.17) is 14.6 Å². The highest BCUT2D eigenvalue weighted by Crippen LogP contribution is 2.34. The number of carboxylic acid groups (broad SMARTS) is 1. The third-order valence-electron chi connectivity index (χ3n) is 4.47. The Morgan fingerprint density at radius 2 is 1.78 bits per heavy atom. The molecule has 3 rings (SSSR count). The molecule has 0 bridgehead atoms. The second-order valence-electron chi connectivity index (χ2n) is 6.55. The molecule has 9 nitrogen and oxygen atoms in total. The van der Waals surface area contributed by atoms with Crippen molar-refractivity contribution in [1.29, 1.82) is 0 Å². The number of methoxy groups -OCH3 is 2. The first kappa shape index (κ1) is 22.9. The molecule has 32 heavy (non-hydrogen) atoms. The molecule has 166 valence electrons. The number of carbonyl (C=O) groups excluding carboxylic acids is 3. The number of esters is 1. The molecule has 1 fully saturated rings. The highest BCUT2D eigenvalue weighted by atomic mass is 32.2. The second kappa shape index (κ2) is 10.0. The maximum atomic E-state index is 12.4. The Labute approximate surface area is 187 Å². The van der Waals surface area contributed by atoms with E-state index in [0.717, 1.165) is 22.2 Å². The Bertz CT molecular complexity index is 1090. The molecule has 2 amide bonds. The van der Waals surface area contributed by atoms with Crippen LogP contribution in [0.1, 0.15) is 21.5 Å². The van der Waals surface area contributed by atoms with Crippen LogP contribution in [0.15, 0.2) is 47.4 Å². The summed E-state index contributed by atoms with van der Waals surface area (Å²) in [6.45, 7) is -0.246. The normalized spacial score (nSPS) is 14.6. The number of aromatic carboxylic acids is 1. The fraction of sp³-hybridized carbons (Fsp3) is 0.182. The van der Waals surface area contributed by atoms with Crippen LogP contribution in [0.25, 0.3) is 6.08 Å². The summed E-state index contributed by atoms with van der Waals surface area (Å²) in [6, 6.07) is 11.3. The fourth-order valence-electron chi connectivity index (χ4n) is 2.78. The molecule has 0 radical (unpaired) electrons. The van der Waals surface area contributed by atoms with Gasteiger partial charge in [-0.1, -0.05) is 18.2 Å². The van der Waals surface area contributed by atoms with Gasteiger partial charge in [-0.15, -0.1) is 0 Å². The van der Waals surface area contributed by atoms with E-state index in [1.165, 1.54) is 32.4 Å². The molecule has 2 aromatic rings. The lowest BCUT2D eigenvalue weighted by Crippen LogP contribution is -2.34. The Morgan fingerprint density at radius 3 is 2.41 bits per heavy atom. The van der Waals surface area contributed by atoms with Gasteiger partial charge in [0, 0.05) is 0 Å². The zero-order valence-corrected chi connectivity index (χ0v) is 18.0. The predicted molar refractivity (Wildman–Crippen MR) is 115 cm³/mol. The standard InChI is InChI=1S/C22H19NO8S/c1-29-17-9-14(10-18-20(25)23(22(28)32-18)11-19(24)30-2)5-8-16(17)31-12-13-3-6-15(7-4-13)21(26)27/h3-10H,11-12H2,1-2H3,(H,26,27)/b18-10+. The number of amides is 2. The summed E-state index contributed by atoms with van der Waals surface area (Å²) in [5.41, 5.74) is 1.57. The summed E-state index contributed by atoms with van der Waals surface area (Å²) < 4.78 is 15.6. The van der Waals surface area contributed by atoms with Crippen LogP contribution in [0.5, 0.6) is 11.5 Å². The van der Waals surface area contributed by atoms with E-state index < -0.39 is 29.6 Å². The van der Waals surface area contributed by atoms with Gasteiger partial charge in [0.05, 0.1) is 24.7 Å². The molecule has 0 aromatic heterocycles. The van der Waals surface area contributed by atoms with Crippen LogP contribution in [0.4, 0.5) is 4.79 Å². The number of hydrogen-bond donors (Lipinski definition) is 1. The molecule has 1 saturated heterocycles. The third-order valence-corrected chi connectivity index (χ3v) is 5.38. The van der Waals surface area contributed by atoms with E-state index >= 15 is 0 Å². The largest absolute Gasteiger partial charge is 0.493 e. The molecule has 0 aliphatic carbocycles. The molecule has 1 aliphatic rings. The lowest BCUT2D eigenvalue weighted by atomic mass is 10.1. The number of ether oxygens (including phenoxy) is 3. The minimum atomic E-state index is -1.00. The van der Waals surface area contributed by atoms with E-state index in [2.05, 4.69) is 4.74 Å². The Balaban J connectivity index is 1.72. The molecule has 2 aromatic carbocycles. The summed E-state index contributed by atoms with van der Waals surface area (Å²) in [5, 5.41) is 8.41. The molecule has 0 spiro atoms. The summed E-state index contributed by atoms with van der Waals surface area (Å²) in [7, 11) is 2.65. The van der Waals surface area contributed by atoms with Gasteiger partial charge in [0.2, 0.25) is 0 Å². The average Bonchev–Trinajstić information content (AvgIpc) is 3.05. The third kappa shape index (κ3) is 5.27. The van der Waals surface area contributed by atoms with Crippen LogP contribution in [0, 0.1) is 0 Å². The van der Waals surface area contributed by atoms with Crippen LogP contribution in [0.2, 0.25) is 0 Å². The smallest absolute Gasteiger partial charge is 0.335 e. The molecular formula is C22H19NO8S. The second-order valence-corrected chi connectivity index (χ2v) is 7.54. The number of hydrogen-bond acceptors (Lipinski definition) is 8. The van der Waals surface area contributed by atoms with Gasteiger partial charge in [-0.25, -0.2) is 4.79 Å². The molecule has 0 unspecified atom stereocenters. The predicted octanol–water partition coefficient (Wildman–Crippen LogP) is 3.18. The van der Waals surface area contributed by atoms with E-state index in [0.29, 0.717) is 17.1 Å². The molecule has 10 heteroatoms. The van der Waals surface area contributed by atoms with Crippen molar-refractivity contribution in [3.63, 3.8) is 0 Å². The van der Waals surface area contributed by atoms with Crippen LogP contribution in [0.3, 0.4) is 0 Å². The number of carboxylic acids is 1. The number of benzene rings is 2. The van der Waals surface area contributed by atoms with Crippen molar-refractivity contribution >= 4 is 40.9 Å². The molecule has 1 N–H and O–H groups in total. The van der Waals surface area contributed by atoms with E-state index in [-0.39, 0.29) is 17.1 Å². The average molecular weight is 457 g/mol. The van der Waals surface area contributed by atoms with Crippen molar-refractivity contribution in [3.05, 3.63) is 64.1 Å². The van der Waals surface area contributed by atoms with Crippen molar-refractivity contribution in [2.24, 2.45) is 0 Å². The monoisotopic (exact) mass is 457 g/mol. The maximum absolute atomic E-state index is 12.4. The van der Waals surface area contributed by atoms with Gasteiger partial charge in [-0.3, -0.25) is 19.3 Å². The lowest BCUT2D eigenvalue weighted by molar-refractivity contribution is -0.143. The first-order valence-corrected chi connectivity index (χ1v) is 10.1. The molecule has 1 aliphatic heterocycles. The number of rotatable bonds is 8. The molecular weight excluding hydrogens is 438 g/mol. The number of carbonyl (C=O) groups is 4. The summed E-state index contributed by atoms with van der Waals surface area (Å²) in [4.78, 5) is 47.8.